The topological polar surface area (TPSA) is 0 Å². The van der Waals surface area contributed by atoms with Crippen LogP contribution >= 0.6 is 0 Å². The highest BCUT2D eigenvalue weighted by Gasteiger charge is 2.10. The van der Waals surface area contributed by atoms with Crippen LogP contribution in [-0.4, -0.2) is 16.9 Å². The first-order valence-electron chi connectivity index (χ1n) is 4.58. The van der Waals surface area contributed by atoms with Crippen LogP contribution in [-0.2, 0) is 0 Å². The molecule has 0 radical (unpaired) electrons. The minimum atomic E-state index is -0.765. The quantitative estimate of drug-likeness (QED) is 0.591. The van der Waals surface area contributed by atoms with Crippen molar-refractivity contribution in [2.75, 3.05) is 0 Å². The molecule has 11 heavy (non-hydrogen) atoms. The molecule has 0 N–H and O–H groups in total. The van der Waals surface area contributed by atoms with Crippen LogP contribution in [0.5, 0.6) is 0 Å². The lowest BCUT2D eigenvalue weighted by molar-refractivity contribution is 1.16. The normalized spacial score (nSPS) is 13.3. The Bertz CT molecular complexity index is 120. The smallest absolute Gasteiger partial charge is 0.0549 e. The molecule has 0 unspecified atom stereocenters. The van der Waals surface area contributed by atoms with Crippen molar-refractivity contribution in [3.8, 4) is 0 Å². The van der Waals surface area contributed by atoms with Gasteiger partial charge in [-0.15, -0.1) is 5.70 Å². The van der Waals surface area contributed by atoms with Crippen molar-refractivity contribution < 1.29 is 0 Å². The van der Waals surface area contributed by atoms with Gasteiger partial charge in [0, 0.05) is 8.07 Å². The Morgan fingerprint density at radius 1 is 1.18 bits per heavy atom. The second-order valence-corrected chi connectivity index (χ2v) is 13.3. The minimum Gasteiger partial charge on any atom is -0.102 e. The van der Waals surface area contributed by atoms with E-state index in [1.165, 1.54) is 12.5 Å². The van der Waals surface area contributed by atoms with Crippen molar-refractivity contribution >= 4 is 16.9 Å². The maximum Gasteiger partial charge on any atom is 0.0549 e. The third kappa shape index (κ3) is 10.2. The van der Waals surface area contributed by atoms with Crippen molar-refractivity contribution in [2.45, 2.75) is 45.2 Å². The van der Waals surface area contributed by atoms with Gasteiger partial charge in [-0.05, 0) is 6.42 Å². The van der Waals surface area contributed by atoms with E-state index in [0.29, 0.717) is 0 Å². The highest BCUT2D eigenvalue weighted by Crippen LogP contribution is 2.11. The van der Waals surface area contributed by atoms with Gasteiger partial charge in [0.15, 0.2) is 0 Å². The van der Waals surface area contributed by atoms with E-state index in [1.807, 2.05) is 0 Å². The maximum atomic E-state index is 2.44. The zero-order valence-electron chi connectivity index (χ0n) is 8.65. The highest BCUT2D eigenvalue weighted by atomic mass is 28.3. The average Bonchev–Trinajstić information content (AvgIpc) is 1.78. The molecule has 0 fully saturated rings. The SMILES string of the molecule is C[SiH](C)C=CCC[Si](C)(C)C. The molecule has 0 aromatic heterocycles. The first-order valence-corrected chi connectivity index (χ1v) is 11.3. The Kier molecular flexibility index (Phi) is 5.01. The Balaban J connectivity index is 3.42. The summed E-state index contributed by atoms with van der Waals surface area (Å²) in [5, 5.41) is 0. The molecular formula is C9H22Si2. The van der Waals surface area contributed by atoms with Gasteiger partial charge in [0.25, 0.3) is 0 Å². The molecule has 0 amide bonds. The fourth-order valence-electron chi connectivity index (χ4n) is 0.885. The molecule has 0 bridgehead atoms. The second-order valence-electron chi connectivity index (χ2n) is 4.77. The Labute approximate surface area is 74.3 Å². The number of allylic oxidation sites excluding steroid dienone is 1. The van der Waals surface area contributed by atoms with Crippen LogP contribution in [0.2, 0.25) is 38.8 Å². The van der Waals surface area contributed by atoms with Crippen molar-refractivity contribution in [3.63, 3.8) is 0 Å². The highest BCUT2D eigenvalue weighted by molar-refractivity contribution is 6.76. The molecular weight excluding hydrogens is 164 g/mol. The molecule has 0 saturated carbocycles. The van der Waals surface area contributed by atoms with Crippen LogP contribution < -0.4 is 0 Å². The van der Waals surface area contributed by atoms with E-state index in [1.54, 1.807) is 0 Å². The first-order chi connectivity index (χ1) is 4.92. The van der Waals surface area contributed by atoms with E-state index in [9.17, 15) is 0 Å². The van der Waals surface area contributed by atoms with Crippen molar-refractivity contribution in [1.29, 1.82) is 0 Å². The maximum absolute atomic E-state index is 2.44. The summed E-state index contributed by atoms with van der Waals surface area (Å²) in [5.74, 6) is 0. The summed E-state index contributed by atoms with van der Waals surface area (Å²) in [7, 11) is -1.19. The third-order valence-electron chi connectivity index (χ3n) is 1.58. The largest absolute Gasteiger partial charge is 0.102 e. The minimum absolute atomic E-state index is 0.421. The lowest BCUT2D eigenvalue weighted by Crippen LogP contribution is -2.18. The predicted octanol–water partition coefficient (Wildman–Crippen LogP) is 3.30. The van der Waals surface area contributed by atoms with Crippen LogP contribution in [0.25, 0.3) is 0 Å². The molecule has 0 aliphatic rings. The van der Waals surface area contributed by atoms with Crippen molar-refractivity contribution in [3.05, 3.63) is 11.8 Å². The van der Waals surface area contributed by atoms with Gasteiger partial charge in [-0.2, -0.15) is 0 Å². The van der Waals surface area contributed by atoms with Crippen LogP contribution in [0, 0.1) is 0 Å². The molecule has 0 spiro atoms. The fourth-order valence-corrected chi connectivity index (χ4v) is 2.65. The van der Waals surface area contributed by atoms with E-state index in [4.69, 9.17) is 0 Å². The molecule has 0 aromatic rings. The molecule has 0 saturated heterocycles. The number of hydrogen-bond donors (Lipinski definition) is 0. The zero-order valence-corrected chi connectivity index (χ0v) is 10.8. The molecule has 2 heteroatoms. The fraction of sp³-hybridized carbons (Fsp3) is 0.778. The van der Waals surface area contributed by atoms with Gasteiger partial charge >= 0.3 is 0 Å². The monoisotopic (exact) mass is 186 g/mol. The summed E-state index contributed by atoms with van der Waals surface area (Å²) in [6.45, 7) is 12.0. The zero-order chi connectivity index (χ0) is 8.91. The molecule has 0 aromatic carbocycles. The predicted molar refractivity (Wildman–Crippen MR) is 60.8 cm³/mol. The molecule has 0 rings (SSSR count). The molecule has 0 aliphatic heterocycles. The first kappa shape index (κ1) is 11.2. The van der Waals surface area contributed by atoms with Crippen LogP contribution in [0.15, 0.2) is 11.8 Å². The van der Waals surface area contributed by atoms with Gasteiger partial charge in [0.2, 0.25) is 0 Å². The lowest BCUT2D eigenvalue weighted by atomic mass is 10.5. The molecule has 0 heterocycles. The van der Waals surface area contributed by atoms with Crippen molar-refractivity contribution in [2.24, 2.45) is 0 Å². The van der Waals surface area contributed by atoms with Gasteiger partial charge in [-0.3, -0.25) is 0 Å². The second kappa shape index (κ2) is 4.93. The summed E-state index contributed by atoms with van der Waals surface area (Å²) in [6.07, 6.45) is 3.72. The lowest BCUT2D eigenvalue weighted by Gasteiger charge is -2.13. The van der Waals surface area contributed by atoms with Crippen LogP contribution in [0.3, 0.4) is 0 Å². The summed E-state index contributed by atoms with van der Waals surface area (Å²) < 4.78 is 0. The van der Waals surface area contributed by atoms with Gasteiger partial charge in [-0.1, -0.05) is 44.9 Å². The summed E-state index contributed by atoms with van der Waals surface area (Å²) >= 11 is 0. The standard InChI is InChI=1S/C9H22Si2/c1-10(2)8-6-7-9-11(3,4)5/h6,8,10H,7,9H2,1-5H3. The van der Waals surface area contributed by atoms with Gasteiger partial charge in [0.1, 0.15) is 0 Å². The molecule has 66 valence electrons. The Morgan fingerprint density at radius 2 is 1.73 bits per heavy atom. The number of hydrogen-bond acceptors (Lipinski definition) is 0. The van der Waals surface area contributed by atoms with E-state index < -0.39 is 16.9 Å². The summed E-state index contributed by atoms with van der Waals surface area (Å²) in [5.41, 5.74) is 2.44. The average molecular weight is 186 g/mol. The van der Waals surface area contributed by atoms with Crippen molar-refractivity contribution in [1.82, 2.24) is 0 Å². The summed E-state index contributed by atoms with van der Waals surface area (Å²) in [6, 6.07) is 1.45. The van der Waals surface area contributed by atoms with Crippen LogP contribution in [0.4, 0.5) is 0 Å². The van der Waals surface area contributed by atoms with Gasteiger partial charge < -0.3 is 0 Å². The number of rotatable bonds is 4. The molecule has 0 nitrogen and oxygen atoms in total. The van der Waals surface area contributed by atoms with E-state index >= 15 is 0 Å². The van der Waals surface area contributed by atoms with Gasteiger partial charge in [0.05, 0.1) is 8.80 Å². The van der Waals surface area contributed by atoms with E-state index in [2.05, 4.69) is 44.5 Å². The Morgan fingerprint density at radius 3 is 2.09 bits per heavy atom. The Hall–Kier alpha value is 0.174. The molecule has 0 aliphatic carbocycles. The molecule has 0 atom stereocenters. The van der Waals surface area contributed by atoms with Crippen LogP contribution in [0.1, 0.15) is 6.42 Å². The third-order valence-corrected chi connectivity index (χ3v) is 4.41. The van der Waals surface area contributed by atoms with E-state index in [0.717, 1.165) is 0 Å². The van der Waals surface area contributed by atoms with Gasteiger partial charge in [-0.25, -0.2) is 0 Å². The van der Waals surface area contributed by atoms with E-state index in [-0.39, 0.29) is 0 Å². The summed E-state index contributed by atoms with van der Waals surface area (Å²) in [4.78, 5) is 0.